The molecule has 0 aliphatic rings. The van der Waals surface area contributed by atoms with Crippen molar-refractivity contribution in [3.8, 4) is 0 Å². The van der Waals surface area contributed by atoms with Crippen LogP contribution in [0, 0.1) is 0 Å². The molecular weight excluding hydrogens is 188 g/mol. The Labute approximate surface area is 80.6 Å². The van der Waals surface area contributed by atoms with Gasteiger partial charge in [-0.2, -0.15) is 4.98 Å². The first kappa shape index (κ1) is 8.31. The molecule has 2 heterocycles. The highest BCUT2D eigenvalue weighted by atomic mass is 35.5. The first-order chi connectivity index (χ1) is 6.31. The summed E-state index contributed by atoms with van der Waals surface area (Å²) in [4.78, 5) is 8.29. The summed E-state index contributed by atoms with van der Waals surface area (Å²) in [5, 5.41) is 3.69. The van der Waals surface area contributed by atoms with Gasteiger partial charge in [0.25, 0.3) is 0 Å². The standard InChI is InChI=1S/C8H9ClN4/c1-2-10-7-5-6(9)13-4-3-11-8(13)12-7/h3-5H,2H2,1H3,(H,10,11,12). The average Bonchev–Trinajstić information content (AvgIpc) is 2.53. The van der Waals surface area contributed by atoms with Gasteiger partial charge in [0.15, 0.2) is 0 Å². The molecule has 4 nitrogen and oxygen atoms in total. The molecule has 0 aliphatic heterocycles. The highest BCUT2D eigenvalue weighted by molar-refractivity contribution is 6.30. The molecule has 0 aromatic carbocycles. The van der Waals surface area contributed by atoms with Gasteiger partial charge in [-0.1, -0.05) is 11.6 Å². The summed E-state index contributed by atoms with van der Waals surface area (Å²) in [5.74, 6) is 1.37. The molecule has 1 N–H and O–H groups in total. The number of aromatic nitrogens is 3. The molecule has 0 atom stereocenters. The van der Waals surface area contributed by atoms with Crippen molar-refractivity contribution in [1.29, 1.82) is 0 Å². The van der Waals surface area contributed by atoms with Crippen LogP contribution in [0.2, 0.25) is 5.15 Å². The smallest absolute Gasteiger partial charge is 0.236 e. The van der Waals surface area contributed by atoms with Crippen LogP contribution in [0.5, 0.6) is 0 Å². The number of anilines is 1. The normalized spacial score (nSPS) is 10.6. The number of nitrogens with one attached hydrogen (secondary N) is 1. The Morgan fingerprint density at radius 2 is 2.46 bits per heavy atom. The van der Waals surface area contributed by atoms with E-state index in [1.807, 2.05) is 6.92 Å². The quantitative estimate of drug-likeness (QED) is 0.745. The molecule has 2 aromatic rings. The van der Waals surface area contributed by atoms with Gasteiger partial charge in [0, 0.05) is 25.0 Å². The van der Waals surface area contributed by atoms with Gasteiger partial charge in [-0.15, -0.1) is 0 Å². The van der Waals surface area contributed by atoms with Crippen LogP contribution in [-0.4, -0.2) is 20.9 Å². The van der Waals surface area contributed by atoms with Gasteiger partial charge in [0.05, 0.1) is 0 Å². The number of fused-ring (bicyclic) bond motifs is 1. The van der Waals surface area contributed by atoms with Crippen molar-refractivity contribution in [1.82, 2.24) is 14.4 Å². The Bertz CT molecular complexity index is 423. The lowest BCUT2D eigenvalue weighted by Crippen LogP contribution is -2.01. The fourth-order valence-electron chi connectivity index (χ4n) is 1.14. The number of imidazole rings is 1. The van der Waals surface area contributed by atoms with Crippen molar-refractivity contribution in [2.24, 2.45) is 0 Å². The Morgan fingerprint density at radius 3 is 3.23 bits per heavy atom. The maximum Gasteiger partial charge on any atom is 0.236 e. The van der Waals surface area contributed by atoms with Crippen LogP contribution < -0.4 is 5.32 Å². The zero-order valence-electron chi connectivity index (χ0n) is 7.16. The van der Waals surface area contributed by atoms with E-state index in [2.05, 4.69) is 15.3 Å². The van der Waals surface area contributed by atoms with Crippen molar-refractivity contribution < 1.29 is 0 Å². The topological polar surface area (TPSA) is 42.2 Å². The predicted octanol–water partition coefficient (Wildman–Crippen LogP) is 1.81. The molecule has 0 saturated heterocycles. The second-order valence-corrected chi connectivity index (χ2v) is 2.98. The van der Waals surface area contributed by atoms with Gasteiger partial charge in [-0.05, 0) is 6.92 Å². The summed E-state index contributed by atoms with van der Waals surface area (Å²) in [6.07, 6.45) is 3.45. The zero-order chi connectivity index (χ0) is 9.26. The van der Waals surface area contributed by atoms with Crippen LogP contribution in [0.3, 0.4) is 0 Å². The van der Waals surface area contributed by atoms with Crippen molar-refractivity contribution in [3.05, 3.63) is 23.6 Å². The lowest BCUT2D eigenvalue weighted by atomic mass is 10.5. The number of rotatable bonds is 2. The summed E-state index contributed by atoms with van der Waals surface area (Å²) >= 11 is 5.98. The minimum absolute atomic E-state index is 0.610. The van der Waals surface area contributed by atoms with Crippen LogP contribution in [0.1, 0.15) is 6.92 Å². The molecule has 0 radical (unpaired) electrons. The van der Waals surface area contributed by atoms with E-state index in [-0.39, 0.29) is 0 Å². The molecule has 0 fully saturated rings. The number of nitrogens with zero attached hydrogens (tertiary/aromatic N) is 3. The van der Waals surface area contributed by atoms with E-state index in [1.54, 1.807) is 22.9 Å². The summed E-state index contributed by atoms with van der Waals surface area (Å²) in [6.45, 7) is 2.82. The Kier molecular flexibility index (Phi) is 2.06. The molecular formula is C8H9ClN4. The molecule has 0 spiro atoms. The lowest BCUT2D eigenvalue weighted by molar-refractivity contribution is 1.08. The first-order valence-corrected chi connectivity index (χ1v) is 4.42. The molecule has 68 valence electrons. The number of hydrogen-bond donors (Lipinski definition) is 1. The monoisotopic (exact) mass is 196 g/mol. The molecule has 0 saturated carbocycles. The highest BCUT2D eigenvalue weighted by Crippen LogP contribution is 2.14. The molecule has 13 heavy (non-hydrogen) atoms. The largest absolute Gasteiger partial charge is 0.370 e. The minimum atomic E-state index is 0.610. The fourth-order valence-corrected chi connectivity index (χ4v) is 1.37. The van der Waals surface area contributed by atoms with Gasteiger partial charge in [-0.3, -0.25) is 4.40 Å². The van der Waals surface area contributed by atoms with Crippen molar-refractivity contribution in [2.45, 2.75) is 6.92 Å². The molecule has 0 unspecified atom stereocenters. The summed E-state index contributed by atoms with van der Waals surface area (Å²) in [7, 11) is 0. The molecule has 5 heteroatoms. The van der Waals surface area contributed by atoms with Gasteiger partial charge >= 0.3 is 0 Å². The van der Waals surface area contributed by atoms with Gasteiger partial charge in [0.1, 0.15) is 11.0 Å². The summed E-state index contributed by atoms with van der Waals surface area (Å²) < 4.78 is 1.72. The highest BCUT2D eigenvalue weighted by Gasteiger charge is 2.02. The molecule has 0 bridgehead atoms. The second-order valence-electron chi connectivity index (χ2n) is 2.59. The van der Waals surface area contributed by atoms with Crippen molar-refractivity contribution in [3.63, 3.8) is 0 Å². The van der Waals surface area contributed by atoms with Crippen LogP contribution in [0.4, 0.5) is 5.82 Å². The Morgan fingerprint density at radius 1 is 1.62 bits per heavy atom. The fraction of sp³-hybridized carbons (Fsp3) is 0.250. The summed E-state index contributed by atoms with van der Waals surface area (Å²) in [5.41, 5.74) is 0. The van der Waals surface area contributed by atoms with E-state index >= 15 is 0 Å². The number of hydrogen-bond acceptors (Lipinski definition) is 3. The molecule has 2 aromatic heterocycles. The maximum absolute atomic E-state index is 5.98. The van der Waals surface area contributed by atoms with E-state index in [9.17, 15) is 0 Å². The second kappa shape index (κ2) is 3.22. The van der Waals surface area contributed by atoms with E-state index in [0.29, 0.717) is 10.9 Å². The molecule has 0 amide bonds. The maximum atomic E-state index is 5.98. The van der Waals surface area contributed by atoms with Crippen LogP contribution >= 0.6 is 11.6 Å². The summed E-state index contributed by atoms with van der Waals surface area (Å²) in [6, 6.07) is 1.78. The number of halogens is 1. The molecule has 0 aliphatic carbocycles. The molecule has 2 rings (SSSR count). The van der Waals surface area contributed by atoms with E-state index in [1.165, 1.54) is 0 Å². The lowest BCUT2D eigenvalue weighted by Gasteiger charge is -2.03. The van der Waals surface area contributed by atoms with Crippen molar-refractivity contribution >= 4 is 23.2 Å². The first-order valence-electron chi connectivity index (χ1n) is 4.04. The zero-order valence-corrected chi connectivity index (χ0v) is 7.91. The Hall–Kier alpha value is -1.29. The minimum Gasteiger partial charge on any atom is -0.370 e. The Balaban J connectivity index is 2.56. The third kappa shape index (κ3) is 1.45. The van der Waals surface area contributed by atoms with Crippen LogP contribution in [0.15, 0.2) is 18.5 Å². The van der Waals surface area contributed by atoms with E-state index in [4.69, 9.17) is 11.6 Å². The van der Waals surface area contributed by atoms with Gasteiger partial charge in [-0.25, -0.2) is 4.98 Å². The third-order valence-corrected chi connectivity index (χ3v) is 1.98. The van der Waals surface area contributed by atoms with Gasteiger partial charge < -0.3 is 5.32 Å². The van der Waals surface area contributed by atoms with E-state index < -0.39 is 0 Å². The van der Waals surface area contributed by atoms with Crippen LogP contribution in [0.25, 0.3) is 5.78 Å². The third-order valence-electron chi connectivity index (χ3n) is 1.69. The van der Waals surface area contributed by atoms with E-state index in [0.717, 1.165) is 12.4 Å². The van der Waals surface area contributed by atoms with Crippen molar-refractivity contribution in [2.75, 3.05) is 11.9 Å². The predicted molar refractivity (Wildman–Crippen MR) is 52.2 cm³/mol. The SMILES string of the molecule is CCNc1cc(Cl)n2ccnc2n1. The average molecular weight is 197 g/mol. The van der Waals surface area contributed by atoms with Crippen LogP contribution in [-0.2, 0) is 0 Å². The van der Waals surface area contributed by atoms with Gasteiger partial charge in [0.2, 0.25) is 5.78 Å².